The summed E-state index contributed by atoms with van der Waals surface area (Å²) in [7, 11) is 0. The largest absolute Gasteiger partial charge is 0.485 e. The summed E-state index contributed by atoms with van der Waals surface area (Å²) in [6, 6.07) is 7.18. The van der Waals surface area contributed by atoms with E-state index in [-0.39, 0.29) is 30.4 Å². The van der Waals surface area contributed by atoms with E-state index in [1.54, 1.807) is 23.6 Å². The van der Waals surface area contributed by atoms with Gasteiger partial charge in [-0.3, -0.25) is 9.20 Å². The predicted molar refractivity (Wildman–Crippen MR) is 112 cm³/mol. The Balaban J connectivity index is 1.86. The van der Waals surface area contributed by atoms with Crippen molar-refractivity contribution in [3.05, 3.63) is 64.6 Å². The minimum absolute atomic E-state index is 0.117. The Morgan fingerprint density at radius 3 is 2.68 bits per heavy atom. The van der Waals surface area contributed by atoms with Gasteiger partial charge in [0.05, 0.1) is 17.3 Å². The van der Waals surface area contributed by atoms with E-state index in [2.05, 4.69) is 11.1 Å². The second kappa shape index (κ2) is 9.67. The zero-order valence-corrected chi connectivity index (χ0v) is 17.5. The molecule has 3 rings (SSSR count). The van der Waals surface area contributed by atoms with Crippen molar-refractivity contribution in [1.82, 2.24) is 9.38 Å². The van der Waals surface area contributed by atoms with Crippen LogP contribution in [-0.2, 0) is 6.61 Å². The molecule has 2 heterocycles. The van der Waals surface area contributed by atoms with Crippen LogP contribution in [0.3, 0.4) is 0 Å². The highest BCUT2D eigenvalue weighted by Crippen LogP contribution is 2.26. The number of fused-ring (bicyclic) bond motifs is 1. The van der Waals surface area contributed by atoms with Gasteiger partial charge in [0.1, 0.15) is 23.9 Å². The summed E-state index contributed by atoms with van der Waals surface area (Å²) in [4.78, 5) is 17.4. The maximum absolute atomic E-state index is 13.9. The number of Topliss-reactive ketones (excluding diaryl/α,β-unsaturated/α-hetero) is 1. The third kappa shape index (κ3) is 5.06. The summed E-state index contributed by atoms with van der Waals surface area (Å²) in [5.41, 5.74) is 7.95. The lowest BCUT2D eigenvalue weighted by atomic mass is 10.0. The van der Waals surface area contributed by atoms with E-state index >= 15 is 0 Å². The van der Waals surface area contributed by atoms with Crippen LogP contribution in [-0.4, -0.2) is 21.2 Å². The number of aryl methyl sites for hydroxylation is 2. The van der Waals surface area contributed by atoms with E-state index in [1.165, 1.54) is 18.2 Å². The van der Waals surface area contributed by atoms with Crippen molar-refractivity contribution in [3.63, 3.8) is 0 Å². The molecule has 2 N–H and O–H groups in total. The number of nitriles is 1. The van der Waals surface area contributed by atoms with Crippen molar-refractivity contribution in [2.24, 2.45) is 5.73 Å². The highest BCUT2D eigenvalue weighted by Gasteiger charge is 2.20. The zero-order chi connectivity index (χ0) is 22.5. The zero-order valence-electron chi connectivity index (χ0n) is 17.5. The normalized spacial score (nSPS) is 12.0. The van der Waals surface area contributed by atoms with Gasteiger partial charge in [-0.15, -0.1) is 0 Å². The number of rotatable bonds is 9. The van der Waals surface area contributed by atoms with Crippen LogP contribution in [0.2, 0.25) is 0 Å². The topological polar surface area (TPSA) is 93.4 Å². The first-order chi connectivity index (χ1) is 14.8. The molecule has 3 aromatic rings. The van der Waals surface area contributed by atoms with Gasteiger partial charge in [0.15, 0.2) is 17.2 Å². The van der Waals surface area contributed by atoms with Gasteiger partial charge in [-0.25, -0.2) is 13.8 Å². The lowest BCUT2D eigenvalue weighted by molar-refractivity contribution is 0.0971. The Bertz CT molecular complexity index is 1130. The molecule has 0 amide bonds. The summed E-state index contributed by atoms with van der Waals surface area (Å²) in [6.07, 6.45) is 3.36. The van der Waals surface area contributed by atoms with E-state index in [4.69, 9.17) is 15.7 Å². The number of ketones is 1. The van der Waals surface area contributed by atoms with Gasteiger partial charge < -0.3 is 10.5 Å². The van der Waals surface area contributed by atoms with E-state index in [0.717, 1.165) is 5.56 Å². The first-order valence-electron chi connectivity index (χ1n) is 10.0. The van der Waals surface area contributed by atoms with Gasteiger partial charge in [-0.2, -0.15) is 5.26 Å². The van der Waals surface area contributed by atoms with E-state index in [0.29, 0.717) is 42.0 Å². The van der Waals surface area contributed by atoms with Crippen molar-refractivity contribution in [1.29, 1.82) is 5.26 Å². The molecule has 6 nitrogen and oxygen atoms in total. The van der Waals surface area contributed by atoms with E-state index in [1.807, 2.05) is 6.92 Å². The number of carbonyl (C=O) groups excluding carboxylic acids is 1. The molecule has 0 saturated carbocycles. The molecule has 1 aromatic carbocycles. The Morgan fingerprint density at radius 1 is 1.29 bits per heavy atom. The van der Waals surface area contributed by atoms with E-state index in [9.17, 15) is 13.6 Å². The summed E-state index contributed by atoms with van der Waals surface area (Å²) < 4.78 is 35.2. The molecule has 1 atom stereocenters. The summed E-state index contributed by atoms with van der Waals surface area (Å²) >= 11 is 0. The lowest BCUT2D eigenvalue weighted by Gasteiger charge is -2.11. The smallest absolute Gasteiger partial charge is 0.181 e. The number of benzene rings is 1. The molecule has 0 fully saturated rings. The number of hydrogen-bond acceptors (Lipinski definition) is 5. The van der Waals surface area contributed by atoms with Crippen LogP contribution in [0.15, 0.2) is 30.5 Å². The maximum Gasteiger partial charge on any atom is 0.181 e. The average molecular weight is 426 g/mol. The number of hydrogen-bond donors (Lipinski definition) is 1. The van der Waals surface area contributed by atoms with Gasteiger partial charge in [-0.05, 0) is 50.5 Å². The molecule has 8 heteroatoms. The molecule has 2 aromatic heterocycles. The van der Waals surface area contributed by atoms with Gasteiger partial charge in [0, 0.05) is 25.1 Å². The van der Waals surface area contributed by atoms with Crippen molar-refractivity contribution >= 4 is 11.4 Å². The van der Waals surface area contributed by atoms with Crippen molar-refractivity contribution in [3.8, 4) is 11.8 Å². The first kappa shape index (κ1) is 22.4. The number of ether oxygens (including phenoxy) is 1. The number of carbonyl (C=O) groups is 1. The SMILES string of the molecule is Cc1cc(OCc2c(F)cccc2F)c2nc(C)c(C(=O)CCC(N)CCC#N)n2c1. The van der Waals surface area contributed by atoms with Crippen LogP contribution in [0.5, 0.6) is 5.75 Å². The number of halogens is 2. The number of aromatic nitrogens is 2. The fourth-order valence-corrected chi connectivity index (χ4v) is 3.45. The minimum atomic E-state index is -0.688. The predicted octanol–water partition coefficient (Wildman–Crippen LogP) is 4.40. The summed E-state index contributed by atoms with van der Waals surface area (Å²) in [5, 5.41) is 8.66. The van der Waals surface area contributed by atoms with Gasteiger partial charge in [0.2, 0.25) is 0 Å². The highest BCUT2D eigenvalue weighted by molar-refractivity contribution is 5.96. The molecule has 0 radical (unpaired) electrons. The molecule has 31 heavy (non-hydrogen) atoms. The number of imidazole rings is 1. The summed E-state index contributed by atoms with van der Waals surface area (Å²) in [5.74, 6) is -1.16. The first-order valence-corrected chi connectivity index (χ1v) is 10.0. The van der Waals surface area contributed by atoms with Gasteiger partial charge >= 0.3 is 0 Å². The third-order valence-corrected chi connectivity index (χ3v) is 5.06. The molecule has 0 aliphatic carbocycles. The Labute approximate surface area is 179 Å². The third-order valence-electron chi connectivity index (χ3n) is 5.06. The molecule has 162 valence electrons. The molecule has 0 saturated heterocycles. The summed E-state index contributed by atoms with van der Waals surface area (Å²) in [6.45, 7) is 3.25. The second-order valence-corrected chi connectivity index (χ2v) is 7.53. The fraction of sp³-hybridized carbons (Fsp3) is 0.348. The number of pyridine rings is 1. The molecule has 0 aliphatic heterocycles. The van der Waals surface area contributed by atoms with Crippen LogP contribution in [0, 0.1) is 36.8 Å². The maximum atomic E-state index is 13.9. The molecule has 0 bridgehead atoms. The fourth-order valence-electron chi connectivity index (χ4n) is 3.45. The molecule has 0 aliphatic rings. The van der Waals surface area contributed by atoms with Crippen LogP contribution in [0.25, 0.3) is 5.65 Å². The van der Waals surface area contributed by atoms with Crippen molar-refractivity contribution in [2.45, 2.75) is 52.2 Å². The molecule has 1 unspecified atom stereocenters. The van der Waals surface area contributed by atoms with Crippen LogP contribution in [0.1, 0.15) is 53.0 Å². The quantitative estimate of drug-likeness (QED) is 0.512. The standard InChI is InChI=1S/C23H24F2N4O2/c1-14-11-21(31-13-17-18(24)6-3-7-19(17)25)23-28-15(2)22(29(23)12-14)20(30)9-8-16(27)5-4-10-26/h3,6-7,11-12,16H,4-5,8-9,13,27H2,1-2H3. The average Bonchev–Trinajstić information content (AvgIpc) is 3.05. The second-order valence-electron chi connectivity index (χ2n) is 7.53. The highest BCUT2D eigenvalue weighted by atomic mass is 19.1. The lowest BCUT2D eigenvalue weighted by Crippen LogP contribution is -2.21. The van der Waals surface area contributed by atoms with Crippen LogP contribution < -0.4 is 10.5 Å². The Hall–Kier alpha value is -3.31. The van der Waals surface area contributed by atoms with Crippen LogP contribution in [0.4, 0.5) is 8.78 Å². The van der Waals surface area contributed by atoms with Crippen LogP contribution >= 0.6 is 0 Å². The van der Waals surface area contributed by atoms with E-state index < -0.39 is 11.6 Å². The Morgan fingerprint density at radius 2 is 2.00 bits per heavy atom. The van der Waals surface area contributed by atoms with Crippen molar-refractivity contribution < 1.29 is 18.3 Å². The molecular formula is C23H24F2N4O2. The monoisotopic (exact) mass is 426 g/mol. The van der Waals surface area contributed by atoms with Gasteiger partial charge in [-0.1, -0.05) is 6.07 Å². The number of nitrogens with two attached hydrogens (primary N) is 1. The Kier molecular flexibility index (Phi) is 6.98. The molecular weight excluding hydrogens is 402 g/mol. The van der Waals surface area contributed by atoms with Crippen molar-refractivity contribution in [2.75, 3.05) is 0 Å². The van der Waals surface area contributed by atoms with Gasteiger partial charge in [0.25, 0.3) is 0 Å². The minimum Gasteiger partial charge on any atom is -0.485 e. The number of nitrogens with zero attached hydrogens (tertiary/aromatic N) is 3. The molecule has 0 spiro atoms.